The van der Waals surface area contributed by atoms with Gasteiger partial charge in [-0.3, -0.25) is 0 Å². The van der Waals surface area contributed by atoms with Crippen LogP contribution in [0.4, 0.5) is 0 Å². The largest absolute Gasteiger partial charge is 0.220 e. The summed E-state index contributed by atoms with van der Waals surface area (Å²) in [6.07, 6.45) is 5.13. The van der Waals surface area contributed by atoms with Crippen molar-refractivity contribution in [2.45, 2.75) is 44.9 Å². The average Bonchev–Trinajstić information content (AvgIpc) is 2.50. The Morgan fingerprint density at radius 3 is 2.57 bits per heavy atom. The average molecular weight is 321 g/mol. The number of benzene rings is 1. The number of nitrogens with zero attached hydrogens (tertiary/aromatic N) is 2. The minimum absolute atomic E-state index is 0.209. The number of hydrogen-bond acceptors (Lipinski definition) is 2. The zero-order chi connectivity index (χ0) is 14.8. The van der Waals surface area contributed by atoms with Crippen LogP contribution in [-0.4, -0.2) is 9.97 Å². The van der Waals surface area contributed by atoms with Crippen LogP contribution in [0.25, 0.3) is 0 Å². The molecule has 1 unspecified atom stereocenters. The number of rotatable bonds is 3. The first-order valence-corrected chi connectivity index (χ1v) is 8.26. The normalized spacial score (nSPS) is 17.6. The van der Waals surface area contributed by atoms with E-state index in [1.165, 1.54) is 11.1 Å². The van der Waals surface area contributed by atoms with Gasteiger partial charge in [0, 0.05) is 11.5 Å². The van der Waals surface area contributed by atoms with Crippen LogP contribution in [0.5, 0.6) is 0 Å². The summed E-state index contributed by atoms with van der Waals surface area (Å²) in [5.74, 6) is 0.970. The van der Waals surface area contributed by atoms with Crippen LogP contribution < -0.4 is 0 Å². The molecule has 110 valence electrons. The van der Waals surface area contributed by atoms with E-state index in [2.05, 4.69) is 41.2 Å². The van der Waals surface area contributed by atoms with Crippen molar-refractivity contribution in [1.82, 2.24) is 9.97 Å². The van der Waals surface area contributed by atoms with Crippen molar-refractivity contribution >= 4 is 23.2 Å². The molecule has 0 spiro atoms. The van der Waals surface area contributed by atoms with Gasteiger partial charge in [-0.25, -0.2) is 9.97 Å². The van der Waals surface area contributed by atoms with Gasteiger partial charge in [0.05, 0.1) is 0 Å². The van der Waals surface area contributed by atoms with Crippen molar-refractivity contribution in [3.05, 3.63) is 57.1 Å². The van der Waals surface area contributed by atoms with Crippen molar-refractivity contribution in [2.75, 3.05) is 0 Å². The topological polar surface area (TPSA) is 25.8 Å². The van der Waals surface area contributed by atoms with E-state index in [0.29, 0.717) is 10.3 Å². The second-order valence-corrected chi connectivity index (χ2v) is 6.25. The van der Waals surface area contributed by atoms with Crippen molar-refractivity contribution < 1.29 is 0 Å². The van der Waals surface area contributed by atoms with Crippen LogP contribution in [0.2, 0.25) is 10.3 Å². The molecule has 0 bridgehead atoms. The van der Waals surface area contributed by atoms with Gasteiger partial charge in [-0.2, -0.15) is 0 Å². The zero-order valence-electron chi connectivity index (χ0n) is 12.1. The van der Waals surface area contributed by atoms with E-state index < -0.39 is 0 Å². The molecule has 1 atom stereocenters. The molecular weight excluding hydrogens is 303 g/mol. The molecule has 4 heteroatoms. The van der Waals surface area contributed by atoms with Gasteiger partial charge in [0.1, 0.15) is 16.1 Å². The monoisotopic (exact) mass is 320 g/mol. The predicted octanol–water partition coefficient (Wildman–Crippen LogP) is 5.20. The summed E-state index contributed by atoms with van der Waals surface area (Å²) in [5.41, 5.74) is 3.58. The number of fused-ring (bicyclic) bond motifs is 1. The number of aryl methyl sites for hydroxylation is 1. The summed E-state index contributed by atoms with van der Waals surface area (Å²) in [6.45, 7) is 2.10. The van der Waals surface area contributed by atoms with Gasteiger partial charge in [0.2, 0.25) is 0 Å². The Morgan fingerprint density at radius 2 is 1.86 bits per heavy atom. The van der Waals surface area contributed by atoms with Crippen LogP contribution in [0.15, 0.2) is 24.3 Å². The highest BCUT2D eigenvalue weighted by Gasteiger charge is 2.25. The molecule has 1 aromatic carbocycles. The number of halogens is 2. The first kappa shape index (κ1) is 14.8. The lowest BCUT2D eigenvalue weighted by molar-refractivity contribution is 0.589. The van der Waals surface area contributed by atoms with Crippen LogP contribution in [0.3, 0.4) is 0 Å². The first-order valence-electron chi connectivity index (χ1n) is 7.50. The Morgan fingerprint density at radius 1 is 1.14 bits per heavy atom. The third-order valence-corrected chi connectivity index (χ3v) is 4.73. The Balaban J connectivity index is 2.02. The fourth-order valence-corrected chi connectivity index (χ4v) is 3.67. The Hall–Kier alpha value is -1.12. The van der Waals surface area contributed by atoms with Crippen LogP contribution in [0.1, 0.15) is 54.6 Å². The lowest BCUT2D eigenvalue weighted by Crippen LogP contribution is -2.14. The molecule has 0 amide bonds. The molecule has 1 heterocycles. The summed E-state index contributed by atoms with van der Waals surface area (Å²) in [6, 6.07) is 8.53. The summed E-state index contributed by atoms with van der Waals surface area (Å²) >= 11 is 12.6. The molecule has 1 aliphatic rings. The third-order valence-electron chi connectivity index (χ3n) is 4.10. The van der Waals surface area contributed by atoms with Gasteiger partial charge in [-0.05, 0) is 36.8 Å². The van der Waals surface area contributed by atoms with E-state index in [-0.39, 0.29) is 5.92 Å². The highest BCUT2D eigenvalue weighted by atomic mass is 35.5. The predicted molar refractivity (Wildman–Crippen MR) is 87.3 cm³/mol. The molecule has 0 aliphatic heterocycles. The molecule has 2 aromatic rings. The molecule has 1 aliphatic carbocycles. The molecule has 0 radical (unpaired) electrons. The van der Waals surface area contributed by atoms with Gasteiger partial charge in [0.15, 0.2) is 0 Å². The maximum Gasteiger partial charge on any atom is 0.139 e. The van der Waals surface area contributed by atoms with Crippen LogP contribution in [-0.2, 0) is 12.8 Å². The molecule has 0 saturated heterocycles. The second-order valence-electron chi connectivity index (χ2n) is 5.54. The lowest BCUT2D eigenvalue weighted by atomic mass is 9.82. The summed E-state index contributed by atoms with van der Waals surface area (Å²) in [4.78, 5) is 9.09. The van der Waals surface area contributed by atoms with Gasteiger partial charge in [0.25, 0.3) is 0 Å². The molecule has 3 rings (SSSR count). The standard InChI is InChI=1S/C17H18Cl2N2/c1-2-6-14-15(18)20-17(21-16(14)19)13-10-5-8-11-7-3-4-9-12(11)13/h3-4,7,9,13H,2,5-6,8,10H2,1H3. The molecule has 21 heavy (non-hydrogen) atoms. The molecule has 2 nitrogen and oxygen atoms in total. The van der Waals surface area contributed by atoms with E-state index in [4.69, 9.17) is 23.2 Å². The Kier molecular flexibility index (Phi) is 4.46. The first-order chi connectivity index (χ1) is 10.2. The molecule has 0 saturated carbocycles. The fraction of sp³-hybridized carbons (Fsp3) is 0.412. The van der Waals surface area contributed by atoms with E-state index in [9.17, 15) is 0 Å². The van der Waals surface area contributed by atoms with Crippen molar-refractivity contribution in [1.29, 1.82) is 0 Å². The minimum atomic E-state index is 0.209. The van der Waals surface area contributed by atoms with Crippen molar-refractivity contribution in [3.63, 3.8) is 0 Å². The maximum atomic E-state index is 6.32. The van der Waals surface area contributed by atoms with Crippen molar-refractivity contribution in [3.8, 4) is 0 Å². The minimum Gasteiger partial charge on any atom is -0.220 e. The second kappa shape index (κ2) is 6.33. The SMILES string of the molecule is CCCc1c(Cl)nc(C2CCCc3ccccc32)nc1Cl. The van der Waals surface area contributed by atoms with Gasteiger partial charge >= 0.3 is 0 Å². The highest BCUT2D eigenvalue weighted by molar-refractivity contribution is 6.34. The Labute approximate surface area is 135 Å². The quantitative estimate of drug-likeness (QED) is 0.726. The lowest BCUT2D eigenvalue weighted by Gasteiger charge is -2.24. The van der Waals surface area contributed by atoms with Crippen molar-refractivity contribution in [2.24, 2.45) is 0 Å². The van der Waals surface area contributed by atoms with Gasteiger partial charge in [-0.1, -0.05) is 60.8 Å². The molecular formula is C17H18Cl2N2. The van der Waals surface area contributed by atoms with Crippen LogP contribution in [0, 0.1) is 0 Å². The molecule has 0 fully saturated rings. The zero-order valence-corrected chi connectivity index (χ0v) is 13.6. The van der Waals surface area contributed by atoms with Crippen LogP contribution >= 0.6 is 23.2 Å². The van der Waals surface area contributed by atoms with E-state index in [1.807, 2.05) is 0 Å². The van der Waals surface area contributed by atoms with Gasteiger partial charge in [-0.15, -0.1) is 0 Å². The third kappa shape index (κ3) is 2.93. The fourth-order valence-electron chi connectivity index (χ4n) is 3.08. The number of aromatic nitrogens is 2. The van der Waals surface area contributed by atoms with E-state index in [0.717, 1.165) is 43.5 Å². The summed E-state index contributed by atoms with van der Waals surface area (Å²) in [7, 11) is 0. The summed E-state index contributed by atoms with van der Waals surface area (Å²) in [5, 5.41) is 1.02. The highest BCUT2D eigenvalue weighted by Crippen LogP contribution is 2.36. The molecule has 1 aromatic heterocycles. The molecule has 0 N–H and O–H groups in total. The number of hydrogen-bond donors (Lipinski definition) is 0. The van der Waals surface area contributed by atoms with Gasteiger partial charge < -0.3 is 0 Å². The smallest absolute Gasteiger partial charge is 0.139 e. The summed E-state index contributed by atoms with van der Waals surface area (Å²) < 4.78 is 0. The van der Waals surface area contributed by atoms with E-state index in [1.54, 1.807) is 0 Å². The van der Waals surface area contributed by atoms with E-state index >= 15 is 0 Å². The Bertz CT molecular complexity index is 632. The maximum absolute atomic E-state index is 6.32.